The number of nitrogens with zero attached hydrogens (tertiary/aromatic N) is 1. The highest BCUT2D eigenvalue weighted by Crippen LogP contribution is 2.22. The Morgan fingerprint density at radius 3 is 2.27 bits per heavy atom. The molecule has 3 aromatic carbocycles. The minimum absolute atomic E-state index is 0.178. The molecule has 0 aromatic heterocycles. The van der Waals surface area contributed by atoms with Gasteiger partial charge in [0.15, 0.2) is 6.61 Å². The van der Waals surface area contributed by atoms with Crippen molar-refractivity contribution in [1.82, 2.24) is 10.2 Å². The van der Waals surface area contributed by atoms with Gasteiger partial charge in [0.2, 0.25) is 5.91 Å². The molecule has 0 spiro atoms. The first-order valence-corrected chi connectivity index (χ1v) is 12.5. The summed E-state index contributed by atoms with van der Waals surface area (Å²) in [6, 6.07) is 22.3. The fourth-order valence-electron chi connectivity index (χ4n) is 4.08. The van der Waals surface area contributed by atoms with E-state index in [1.54, 1.807) is 12.0 Å². The summed E-state index contributed by atoms with van der Waals surface area (Å²) in [6.07, 6.45) is 0.377. The lowest BCUT2D eigenvalue weighted by Gasteiger charge is -2.34. The number of carbonyl (C=O) groups excluding carboxylic acids is 2. The van der Waals surface area contributed by atoms with Crippen molar-refractivity contribution in [2.45, 2.75) is 59.2 Å². The Bertz CT molecular complexity index is 1200. The molecule has 0 heterocycles. The number of nitrogens with one attached hydrogen (secondary N) is 1. The van der Waals surface area contributed by atoms with Gasteiger partial charge in [0.1, 0.15) is 17.5 Å². The van der Waals surface area contributed by atoms with Crippen molar-refractivity contribution in [1.29, 1.82) is 0 Å². The van der Waals surface area contributed by atoms with E-state index >= 15 is 0 Å². The van der Waals surface area contributed by atoms with Gasteiger partial charge in [0.25, 0.3) is 5.91 Å². The van der Waals surface area contributed by atoms with E-state index in [0.717, 1.165) is 22.3 Å². The molecular weight excluding hydrogens is 464 g/mol. The summed E-state index contributed by atoms with van der Waals surface area (Å²) in [5, 5.41) is 3.08. The van der Waals surface area contributed by atoms with Gasteiger partial charge in [-0.3, -0.25) is 9.59 Å². The third-order valence-corrected chi connectivity index (χ3v) is 6.16. The number of amides is 2. The van der Waals surface area contributed by atoms with Crippen LogP contribution in [-0.2, 0) is 22.6 Å². The Morgan fingerprint density at radius 1 is 0.919 bits per heavy atom. The van der Waals surface area contributed by atoms with Gasteiger partial charge in [-0.1, -0.05) is 54.6 Å². The number of hydrogen-bond acceptors (Lipinski definition) is 4. The van der Waals surface area contributed by atoms with Crippen LogP contribution in [0.15, 0.2) is 72.8 Å². The maximum atomic E-state index is 13.8. The summed E-state index contributed by atoms with van der Waals surface area (Å²) in [4.78, 5) is 29.0. The third-order valence-electron chi connectivity index (χ3n) is 6.16. The fraction of sp³-hybridized carbons (Fsp3) is 0.355. The molecule has 0 radical (unpaired) electrons. The zero-order valence-corrected chi connectivity index (χ0v) is 22.7. The second kappa shape index (κ2) is 12.4. The van der Waals surface area contributed by atoms with Gasteiger partial charge in [-0.2, -0.15) is 0 Å². The Kier molecular flexibility index (Phi) is 9.34. The SMILES string of the molecule is COc1cccc(CN(C(=O)COc2cccc(C)c2C)[C@H](Cc2ccccc2)C(=O)NC(C)(C)C)c1. The van der Waals surface area contributed by atoms with E-state index < -0.39 is 11.6 Å². The van der Waals surface area contributed by atoms with Crippen LogP contribution in [-0.4, -0.2) is 42.0 Å². The molecule has 0 bridgehead atoms. The van der Waals surface area contributed by atoms with Gasteiger partial charge in [0, 0.05) is 18.5 Å². The molecule has 0 aliphatic carbocycles. The summed E-state index contributed by atoms with van der Waals surface area (Å²) >= 11 is 0. The standard InChI is InChI=1S/C31H38N2O4/c1-22-12-10-17-28(23(22)2)37-21-29(34)33(20-25-15-11-16-26(18-25)36-6)27(30(35)32-31(3,4)5)19-24-13-8-7-9-14-24/h7-18,27H,19-21H2,1-6H3,(H,32,35)/t27-/m1/s1. The second-order valence-corrected chi connectivity index (χ2v) is 10.3. The van der Waals surface area contributed by atoms with Crippen molar-refractivity contribution in [2.24, 2.45) is 0 Å². The Morgan fingerprint density at radius 2 is 1.59 bits per heavy atom. The van der Waals surface area contributed by atoms with Gasteiger partial charge in [-0.05, 0) is 75.1 Å². The van der Waals surface area contributed by atoms with Crippen LogP contribution in [0, 0.1) is 13.8 Å². The number of rotatable bonds is 10. The van der Waals surface area contributed by atoms with Gasteiger partial charge >= 0.3 is 0 Å². The quantitative estimate of drug-likeness (QED) is 0.411. The molecule has 3 aromatic rings. The first-order chi connectivity index (χ1) is 17.6. The first kappa shape index (κ1) is 27.8. The minimum atomic E-state index is -0.734. The van der Waals surface area contributed by atoms with Crippen LogP contribution in [0.25, 0.3) is 0 Å². The molecule has 0 saturated carbocycles. The van der Waals surface area contributed by atoms with Crippen LogP contribution >= 0.6 is 0 Å². The maximum absolute atomic E-state index is 13.8. The molecule has 1 atom stereocenters. The third kappa shape index (κ3) is 8.10. The minimum Gasteiger partial charge on any atom is -0.497 e. The van der Waals surface area contributed by atoms with Gasteiger partial charge < -0.3 is 19.7 Å². The fourth-order valence-corrected chi connectivity index (χ4v) is 4.08. The number of hydrogen-bond donors (Lipinski definition) is 1. The Labute approximate surface area is 220 Å². The summed E-state index contributed by atoms with van der Waals surface area (Å²) in [6.45, 7) is 9.83. The van der Waals surface area contributed by atoms with E-state index in [9.17, 15) is 9.59 Å². The van der Waals surface area contributed by atoms with Crippen LogP contribution in [0.1, 0.15) is 43.0 Å². The molecular formula is C31H38N2O4. The largest absolute Gasteiger partial charge is 0.497 e. The van der Waals surface area contributed by atoms with E-state index in [4.69, 9.17) is 9.47 Å². The lowest BCUT2D eigenvalue weighted by atomic mass is 10.0. The molecule has 0 unspecified atom stereocenters. The average Bonchev–Trinajstić information content (AvgIpc) is 2.86. The van der Waals surface area contributed by atoms with Gasteiger partial charge in [0.05, 0.1) is 7.11 Å². The van der Waals surface area contributed by atoms with E-state index in [1.165, 1.54) is 0 Å². The predicted molar refractivity (Wildman–Crippen MR) is 147 cm³/mol. The summed E-state index contributed by atoms with van der Waals surface area (Å²) in [7, 11) is 1.61. The average molecular weight is 503 g/mol. The van der Waals surface area contributed by atoms with Crippen LogP contribution in [0.3, 0.4) is 0 Å². The number of methoxy groups -OCH3 is 1. The second-order valence-electron chi connectivity index (χ2n) is 10.3. The number of carbonyl (C=O) groups is 2. The molecule has 6 nitrogen and oxygen atoms in total. The summed E-state index contributed by atoms with van der Waals surface area (Å²) in [5.74, 6) is 0.872. The van der Waals surface area contributed by atoms with Crippen molar-refractivity contribution in [3.05, 3.63) is 95.1 Å². The summed E-state index contributed by atoms with van der Waals surface area (Å²) < 4.78 is 11.4. The van der Waals surface area contributed by atoms with Crippen molar-refractivity contribution >= 4 is 11.8 Å². The van der Waals surface area contributed by atoms with Crippen molar-refractivity contribution in [3.8, 4) is 11.5 Å². The maximum Gasteiger partial charge on any atom is 0.261 e. The molecule has 0 aliphatic heterocycles. The van der Waals surface area contributed by atoms with Crippen LogP contribution in [0.5, 0.6) is 11.5 Å². The monoisotopic (exact) mass is 502 g/mol. The molecule has 0 aliphatic rings. The number of benzene rings is 3. The van der Waals surface area contributed by atoms with Crippen LogP contribution < -0.4 is 14.8 Å². The highest BCUT2D eigenvalue weighted by atomic mass is 16.5. The lowest BCUT2D eigenvalue weighted by molar-refractivity contribution is -0.143. The first-order valence-electron chi connectivity index (χ1n) is 12.5. The van der Waals surface area contributed by atoms with Crippen molar-refractivity contribution in [2.75, 3.05) is 13.7 Å². The molecule has 6 heteroatoms. The molecule has 196 valence electrons. The van der Waals surface area contributed by atoms with Crippen molar-refractivity contribution < 1.29 is 19.1 Å². The Balaban J connectivity index is 1.96. The smallest absolute Gasteiger partial charge is 0.261 e. The zero-order chi connectivity index (χ0) is 27.0. The number of aryl methyl sites for hydroxylation is 1. The summed E-state index contributed by atoms with van der Waals surface area (Å²) in [5.41, 5.74) is 3.45. The molecule has 0 saturated heterocycles. The van der Waals surface area contributed by atoms with E-state index in [-0.39, 0.29) is 25.0 Å². The molecule has 37 heavy (non-hydrogen) atoms. The highest BCUT2D eigenvalue weighted by Gasteiger charge is 2.32. The zero-order valence-electron chi connectivity index (χ0n) is 22.7. The normalized spacial score (nSPS) is 11.9. The van der Waals surface area contributed by atoms with E-state index in [1.807, 2.05) is 107 Å². The van der Waals surface area contributed by atoms with Gasteiger partial charge in [-0.15, -0.1) is 0 Å². The molecule has 3 rings (SSSR count). The predicted octanol–water partition coefficient (Wildman–Crippen LogP) is 5.25. The molecule has 1 N–H and O–H groups in total. The molecule has 2 amide bonds. The van der Waals surface area contributed by atoms with Crippen LogP contribution in [0.4, 0.5) is 0 Å². The van der Waals surface area contributed by atoms with Crippen LogP contribution in [0.2, 0.25) is 0 Å². The van der Waals surface area contributed by atoms with Gasteiger partial charge in [-0.25, -0.2) is 0 Å². The number of ether oxygens (including phenoxy) is 2. The molecule has 0 fully saturated rings. The lowest BCUT2D eigenvalue weighted by Crippen LogP contribution is -2.55. The highest BCUT2D eigenvalue weighted by molar-refractivity contribution is 5.89. The topological polar surface area (TPSA) is 67.9 Å². The van der Waals surface area contributed by atoms with E-state index in [2.05, 4.69) is 5.32 Å². The Hall–Kier alpha value is -3.80. The van der Waals surface area contributed by atoms with Crippen molar-refractivity contribution in [3.63, 3.8) is 0 Å². The van der Waals surface area contributed by atoms with E-state index in [0.29, 0.717) is 17.9 Å².